The Hall–Kier alpha value is -2.66. The number of nitrogens with one attached hydrogen (secondary N) is 1. The number of aliphatic hydroxyl groups is 1. The molecule has 3 aliphatic rings. The van der Waals surface area contributed by atoms with Crippen molar-refractivity contribution >= 4 is 0 Å². The van der Waals surface area contributed by atoms with Gasteiger partial charge in [-0.2, -0.15) is 0 Å². The minimum absolute atomic E-state index is 0.201. The molecule has 0 saturated carbocycles. The van der Waals surface area contributed by atoms with E-state index in [4.69, 9.17) is 4.74 Å². The molecule has 0 bridgehead atoms. The zero-order valence-corrected chi connectivity index (χ0v) is 22.9. The van der Waals surface area contributed by atoms with Crippen LogP contribution in [-0.4, -0.2) is 48.8 Å². The maximum atomic E-state index is 12.3. The number of methoxy groups -OCH3 is 1. The van der Waals surface area contributed by atoms with Gasteiger partial charge >= 0.3 is 0 Å². The van der Waals surface area contributed by atoms with Crippen molar-refractivity contribution < 1.29 is 9.84 Å². The molecular weight excluding hydrogens is 468 g/mol. The second-order valence-corrected chi connectivity index (χ2v) is 11.8. The van der Waals surface area contributed by atoms with E-state index in [0.29, 0.717) is 23.9 Å². The highest BCUT2D eigenvalue weighted by molar-refractivity contribution is 5.43. The minimum atomic E-state index is -0.952. The number of piperidine rings is 2. The summed E-state index contributed by atoms with van der Waals surface area (Å²) < 4.78 is 5.71. The SMILES string of the molecule is COc1cccc2c1C[C@H]1C[C@H](C(C)N3CCC(C(O)(c4ccccc4)c4ccccc4)CC3)CN[C@@H]1C2. The lowest BCUT2D eigenvalue weighted by Gasteiger charge is -2.48. The number of benzene rings is 3. The summed E-state index contributed by atoms with van der Waals surface area (Å²) in [5.41, 5.74) is 3.94. The molecule has 6 rings (SSSR count). The second-order valence-electron chi connectivity index (χ2n) is 11.8. The van der Waals surface area contributed by atoms with Crippen molar-refractivity contribution in [2.45, 2.75) is 56.7 Å². The zero-order valence-electron chi connectivity index (χ0n) is 22.9. The summed E-state index contributed by atoms with van der Waals surface area (Å²) in [6, 6.07) is 28.2. The van der Waals surface area contributed by atoms with Crippen LogP contribution in [0.3, 0.4) is 0 Å². The van der Waals surface area contributed by atoms with Crippen molar-refractivity contribution in [2.75, 3.05) is 26.7 Å². The molecule has 2 fully saturated rings. The summed E-state index contributed by atoms with van der Waals surface area (Å²) in [5, 5.41) is 16.2. The Morgan fingerprint density at radius 2 is 1.55 bits per heavy atom. The quantitative estimate of drug-likeness (QED) is 0.465. The molecule has 1 unspecified atom stereocenters. The van der Waals surface area contributed by atoms with Crippen LogP contribution in [0.25, 0.3) is 0 Å². The van der Waals surface area contributed by atoms with Gasteiger partial charge in [0.15, 0.2) is 0 Å². The number of hydrogen-bond acceptors (Lipinski definition) is 4. The van der Waals surface area contributed by atoms with Crippen molar-refractivity contribution in [1.29, 1.82) is 0 Å². The first kappa shape index (κ1) is 25.6. The van der Waals surface area contributed by atoms with Gasteiger partial charge in [0.05, 0.1) is 7.11 Å². The largest absolute Gasteiger partial charge is 0.496 e. The summed E-state index contributed by atoms with van der Waals surface area (Å²) in [6.45, 7) is 5.61. The Labute approximate surface area is 228 Å². The number of rotatable bonds is 6. The van der Waals surface area contributed by atoms with Gasteiger partial charge in [0, 0.05) is 12.1 Å². The Bertz CT molecular complexity index is 1170. The number of hydrogen-bond donors (Lipinski definition) is 2. The van der Waals surface area contributed by atoms with Crippen LogP contribution >= 0.6 is 0 Å². The van der Waals surface area contributed by atoms with Crippen molar-refractivity contribution in [3.05, 3.63) is 101 Å². The first-order valence-corrected chi connectivity index (χ1v) is 14.5. The van der Waals surface area contributed by atoms with Crippen LogP contribution in [0.4, 0.5) is 0 Å². The smallest absolute Gasteiger partial charge is 0.122 e. The predicted molar refractivity (Wildman–Crippen MR) is 153 cm³/mol. The van der Waals surface area contributed by atoms with Gasteiger partial charge < -0.3 is 20.1 Å². The maximum absolute atomic E-state index is 12.3. The van der Waals surface area contributed by atoms with Crippen molar-refractivity contribution in [1.82, 2.24) is 10.2 Å². The van der Waals surface area contributed by atoms with Gasteiger partial charge in [-0.25, -0.2) is 0 Å². The van der Waals surface area contributed by atoms with Crippen LogP contribution < -0.4 is 10.1 Å². The first-order chi connectivity index (χ1) is 18.6. The minimum Gasteiger partial charge on any atom is -0.496 e. The summed E-state index contributed by atoms with van der Waals surface area (Å²) in [7, 11) is 1.80. The standard InChI is InChI=1S/C34H42N2O2/c1-24(27-20-26-21-31-25(22-32(26)35-23-27)10-9-15-33(31)38-2)36-18-16-30(17-19-36)34(37,28-11-5-3-6-12-28)29-13-7-4-8-14-29/h3-15,24,26-27,30,32,35,37H,16-23H2,1-2H3/t24?,26-,27+,32-/m1/s1. The molecule has 2 saturated heterocycles. The van der Waals surface area contributed by atoms with E-state index in [2.05, 4.69) is 59.6 Å². The van der Waals surface area contributed by atoms with E-state index in [1.54, 1.807) is 7.11 Å². The van der Waals surface area contributed by atoms with E-state index in [1.165, 1.54) is 17.5 Å². The van der Waals surface area contributed by atoms with Crippen LogP contribution in [-0.2, 0) is 18.4 Å². The fourth-order valence-corrected chi connectivity index (χ4v) is 7.71. The third-order valence-corrected chi connectivity index (χ3v) is 9.98. The molecule has 2 aliphatic heterocycles. The third kappa shape index (κ3) is 4.68. The van der Waals surface area contributed by atoms with E-state index < -0.39 is 5.60 Å². The van der Waals surface area contributed by atoms with Crippen LogP contribution in [0.1, 0.15) is 48.4 Å². The second kappa shape index (κ2) is 10.8. The number of nitrogens with zero attached hydrogens (tertiary/aromatic N) is 1. The van der Waals surface area contributed by atoms with Gasteiger partial charge in [0.1, 0.15) is 11.4 Å². The van der Waals surface area contributed by atoms with Crippen molar-refractivity contribution in [2.24, 2.45) is 17.8 Å². The predicted octanol–water partition coefficient (Wildman–Crippen LogP) is 5.42. The van der Waals surface area contributed by atoms with Gasteiger partial charge in [-0.15, -0.1) is 0 Å². The van der Waals surface area contributed by atoms with Crippen LogP contribution in [0.2, 0.25) is 0 Å². The molecule has 0 radical (unpaired) electrons. The number of ether oxygens (including phenoxy) is 1. The average molecular weight is 511 g/mol. The van der Waals surface area contributed by atoms with Gasteiger partial charge in [0.25, 0.3) is 0 Å². The fourth-order valence-electron chi connectivity index (χ4n) is 7.71. The maximum Gasteiger partial charge on any atom is 0.122 e. The summed E-state index contributed by atoms with van der Waals surface area (Å²) in [6.07, 6.45) is 5.50. The monoisotopic (exact) mass is 510 g/mol. The molecule has 3 aromatic rings. The first-order valence-electron chi connectivity index (χ1n) is 14.5. The molecule has 2 N–H and O–H groups in total. The molecule has 4 atom stereocenters. The topological polar surface area (TPSA) is 44.7 Å². The molecule has 4 nitrogen and oxygen atoms in total. The summed E-state index contributed by atoms with van der Waals surface area (Å²) >= 11 is 0. The molecule has 3 aromatic carbocycles. The molecule has 2 heterocycles. The molecule has 0 spiro atoms. The molecular formula is C34H42N2O2. The zero-order chi connectivity index (χ0) is 26.1. The van der Waals surface area contributed by atoms with E-state index in [0.717, 1.165) is 62.2 Å². The van der Waals surface area contributed by atoms with Gasteiger partial charge in [-0.3, -0.25) is 0 Å². The van der Waals surface area contributed by atoms with E-state index in [-0.39, 0.29) is 5.92 Å². The normalized spacial score (nSPS) is 25.3. The molecule has 38 heavy (non-hydrogen) atoms. The van der Waals surface area contributed by atoms with Crippen LogP contribution in [0.5, 0.6) is 5.75 Å². The van der Waals surface area contributed by atoms with E-state index >= 15 is 0 Å². The third-order valence-electron chi connectivity index (χ3n) is 9.98. The summed E-state index contributed by atoms with van der Waals surface area (Å²) in [4.78, 5) is 2.69. The molecule has 1 aliphatic carbocycles. The Morgan fingerprint density at radius 1 is 0.895 bits per heavy atom. The number of fused-ring (bicyclic) bond motifs is 2. The van der Waals surface area contributed by atoms with Crippen LogP contribution in [0.15, 0.2) is 78.9 Å². The van der Waals surface area contributed by atoms with Crippen LogP contribution in [0, 0.1) is 17.8 Å². The van der Waals surface area contributed by atoms with Gasteiger partial charge in [-0.05, 0) is 105 Å². The molecule has 0 amide bonds. The van der Waals surface area contributed by atoms with Crippen molar-refractivity contribution in [3.63, 3.8) is 0 Å². The Balaban J connectivity index is 1.13. The highest BCUT2D eigenvalue weighted by Crippen LogP contribution is 2.43. The van der Waals surface area contributed by atoms with E-state index in [1.807, 2.05) is 36.4 Å². The molecule has 4 heteroatoms. The van der Waals surface area contributed by atoms with Gasteiger partial charge in [0.2, 0.25) is 0 Å². The molecule has 0 aromatic heterocycles. The van der Waals surface area contributed by atoms with E-state index in [9.17, 15) is 5.11 Å². The lowest BCUT2D eigenvalue weighted by Crippen LogP contribution is -2.55. The van der Waals surface area contributed by atoms with Gasteiger partial charge in [-0.1, -0.05) is 72.8 Å². The highest BCUT2D eigenvalue weighted by Gasteiger charge is 2.43. The molecule has 200 valence electrons. The van der Waals surface area contributed by atoms with Crippen molar-refractivity contribution in [3.8, 4) is 5.75 Å². The number of likely N-dealkylation sites (tertiary alicyclic amines) is 1. The lowest BCUT2D eigenvalue weighted by molar-refractivity contribution is -0.0260. The Morgan fingerprint density at radius 3 is 2.18 bits per heavy atom. The highest BCUT2D eigenvalue weighted by atomic mass is 16.5. The summed E-state index contributed by atoms with van der Waals surface area (Å²) in [5.74, 6) is 2.57. The fraction of sp³-hybridized carbons (Fsp3) is 0.471. The average Bonchev–Trinajstić information content (AvgIpc) is 2.99. The Kier molecular flexibility index (Phi) is 7.31. The lowest BCUT2D eigenvalue weighted by atomic mass is 9.70.